The molecule has 1 N–H and O–H groups in total. The van der Waals surface area contributed by atoms with Gasteiger partial charge in [0.1, 0.15) is 5.75 Å². The van der Waals surface area contributed by atoms with Crippen molar-refractivity contribution >= 4 is 5.97 Å². The number of benzene rings is 1. The van der Waals surface area contributed by atoms with Crippen LogP contribution in [0.25, 0.3) is 11.4 Å². The number of carbonyl (C=O) groups excluding carboxylic acids is 1. The lowest BCUT2D eigenvalue weighted by Crippen LogP contribution is -2.06. The molecule has 0 aliphatic rings. The second kappa shape index (κ2) is 5.51. The predicted octanol–water partition coefficient (Wildman–Crippen LogP) is 1.97. The van der Waals surface area contributed by atoms with Gasteiger partial charge in [-0.25, -0.2) is 9.78 Å². The molecule has 0 atom stereocenters. The van der Waals surface area contributed by atoms with Gasteiger partial charge in [-0.3, -0.25) is 5.10 Å². The molecule has 2 rings (SSSR count). The van der Waals surface area contributed by atoms with Crippen LogP contribution < -0.4 is 4.74 Å². The van der Waals surface area contributed by atoms with E-state index in [1.54, 1.807) is 14.0 Å². The maximum atomic E-state index is 11.5. The van der Waals surface area contributed by atoms with Crippen LogP contribution in [0.5, 0.6) is 5.75 Å². The summed E-state index contributed by atoms with van der Waals surface area (Å²) < 4.78 is 10.1. The third-order valence-electron chi connectivity index (χ3n) is 2.62. The Bertz CT molecular complexity index is 593. The third kappa shape index (κ3) is 2.73. The highest BCUT2D eigenvalue weighted by Gasteiger charge is 2.14. The van der Waals surface area contributed by atoms with Crippen LogP contribution >= 0.6 is 0 Å². The largest absolute Gasteiger partial charge is 0.496 e. The van der Waals surface area contributed by atoms with Crippen molar-refractivity contribution in [3.8, 4) is 17.1 Å². The summed E-state index contributed by atoms with van der Waals surface area (Å²) in [5, 5.41) is 6.57. The number of carbonyl (C=O) groups is 1. The number of aromatic amines is 1. The molecule has 0 bridgehead atoms. The maximum Gasteiger partial charge on any atom is 0.375 e. The van der Waals surface area contributed by atoms with Gasteiger partial charge >= 0.3 is 5.97 Å². The first-order valence-electron chi connectivity index (χ1n) is 5.90. The van der Waals surface area contributed by atoms with Gasteiger partial charge in [-0.15, -0.1) is 0 Å². The Hall–Kier alpha value is -2.37. The molecule has 100 valence electrons. The number of ether oxygens (including phenoxy) is 2. The minimum Gasteiger partial charge on any atom is -0.496 e. The van der Waals surface area contributed by atoms with Gasteiger partial charge in [0.15, 0.2) is 5.82 Å². The maximum absolute atomic E-state index is 11.5. The quantitative estimate of drug-likeness (QED) is 0.851. The van der Waals surface area contributed by atoms with Crippen molar-refractivity contribution in [2.45, 2.75) is 13.8 Å². The lowest BCUT2D eigenvalue weighted by Gasteiger charge is -2.05. The summed E-state index contributed by atoms with van der Waals surface area (Å²) in [7, 11) is 1.61. The van der Waals surface area contributed by atoms with Crippen molar-refractivity contribution in [3.63, 3.8) is 0 Å². The molecular formula is C13H15N3O3. The van der Waals surface area contributed by atoms with E-state index >= 15 is 0 Å². The number of hydrogen-bond acceptors (Lipinski definition) is 5. The molecule has 0 aliphatic carbocycles. The fraction of sp³-hybridized carbons (Fsp3) is 0.308. The summed E-state index contributed by atoms with van der Waals surface area (Å²) in [6.45, 7) is 3.98. The van der Waals surface area contributed by atoms with E-state index in [1.165, 1.54) is 0 Å². The number of esters is 1. The molecule has 0 aliphatic heterocycles. The van der Waals surface area contributed by atoms with Crippen LogP contribution in [0.4, 0.5) is 0 Å². The Morgan fingerprint density at radius 2 is 2.21 bits per heavy atom. The van der Waals surface area contributed by atoms with Gasteiger partial charge in [0.25, 0.3) is 0 Å². The van der Waals surface area contributed by atoms with Gasteiger partial charge in [-0.05, 0) is 25.5 Å². The number of aromatic nitrogens is 3. The molecule has 0 fully saturated rings. The van der Waals surface area contributed by atoms with E-state index in [2.05, 4.69) is 15.2 Å². The minimum atomic E-state index is -0.514. The van der Waals surface area contributed by atoms with Crippen LogP contribution in [0.3, 0.4) is 0 Å². The summed E-state index contributed by atoms with van der Waals surface area (Å²) in [6, 6.07) is 5.61. The zero-order chi connectivity index (χ0) is 13.8. The molecule has 6 nitrogen and oxygen atoms in total. The number of nitrogens with one attached hydrogen (secondary N) is 1. The van der Waals surface area contributed by atoms with Crippen molar-refractivity contribution in [1.82, 2.24) is 15.2 Å². The molecule has 0 saturated carbocycles. The summed E-state index contributed by atoms with van der Waals surface area (Å²) in [5.74, 6) is 0.762. The standard InChI is InChI=1S/C13H15N3O3/c1-4-19-13(17)12-14-11(15-16-12)9-6-5-8(2)10(7-9)18-3/h5-7H,4H2,1-3H3,(H,14,15,16). The highest BCUT2D eigenvalue weighted by Crippen LogP contribution is 2.24. The number of nitrogens with zero attached hydrogens (tertiary/aromatic N) is 2. The van der Waals surface area contributed by atoms with E-state index in [0.717, 1.165) is 16.9 Å². The average molecular weight is 261 g/mol. The van der Waals surface area contributed by atoms with Crippen LogP contribution in [0.1, 0.15) is 23.1 Å². The number of H-pyrrole nitrogens is 1. The lowest BCUT2D eigenvalue weighted by molar-refractivity contribution is 0.0512. The van der Waals surface area contributed by atoms with E-state index in [1.807, 2.05) is 25.1 Å². The predicted molar refractivity (Wildman–Crippen MR) is 69.1 cm³/mol. The molecule has 2 aromatic rings. The van der Waals surface area contributed by atoms with Gasteiger partial charge in [-0.1, -0.05) is 12.1 Å². The third-order valence-corrected chi connectivity index (χ3v) is 2.62. The molecule has 0 spiro atoms. The molecule has 0 radical (unpaired) electrons. The number of rotatable bonds is 4. The molecule has 0 unspecified atom stereocenters. The second-order valence-corrected chi connectivity index (χ2v) is 3.91. The molecule has 1 aromatic carbocycles. The zero-order valence-corrected chi connectivity index (χ0v) is 11.1. The van der Waals surface area contributed by atoms with E-state index in [-0.39, 0.29) is 5.82 Å². The Morgan fingerprint density at radius 1 is 1.42 bits per heavy atom. The first-order valence-corrected chi connectivity index (χ1v) is 5.90. The van der Waals surface area contributed by atoms with E-state index in [9.17, 15) is 4.79 Å². The lowest BCUT2D eigenvalue weighted by atomic mass is 10.1. The fourth-order valence-corrected chi connectivity index (χ4v) is 1.64. The highest BCUT2D eigenvalue weighted by molar-refractivity contribution is 5.85. The Labute approximate surface area is 110 Å². The van der Waals surface area contributed by atoms with Gasteiger partial charge in [-0.2, -0.15) is 5.10 Å². The van der Waals surface area contributed by atoms with E-state index in [0.29, 0.717) is 12.4 Å². The SMILES string of the molecule is CCOC(=O)c1nc(-c2ccc(C)c(OC)c2)n[nH]1. The Morgan fingerprint density at radius 3 is 2.89 bits per heavy atom. The van der Waals surface area contributed by atoms with Crippen molar-refractivity contribution in [2.75, 3.05) is 13.7 Å². The van der Waals surface area contributed by atoms with Crippen LogP contribution in [-0.4, -0.2) is 34.9 Å². The van der Waals surface area contributed by atoms with Crippen molar-refractivity contribution < 1.29 is 14.3 Å². The molecule has 0 saturated heterocycles. The summed E-state index contributed by atoms with van der Waals surface area (Å²) in [4.78, 5) is 15.6. The summed E-state index contributed by atoms with van der Waals surface area (Å²) in [6.07, 6.45) is 0. The van der Waals surface area contributed by atoms with Crippen molar-refractivity contribution in [1.29, 1.82) is 0 Å². The van der Waals surface area contributed by atoms with E-state index in [4.69, 9.17) is 9.47 Å². The van der Waals surface area contributed by atoms with Crippen LogP contribution in [0, 0.1) is 6.92 Å². The van der Waals surface area contributed by atoms with Crippen molar-refractivity contribution in [3.05, 3.63) is 29.6 Å². The minimum absolute atomic E-state index is 0.0939. The number of methoxy groups -OCH3 is 1. The van der Waals surface area contributed by atoms with Crippen LogP contribution in [0.2, 0.25) is 0 Å². The van der Waals surface area contributed by atoms with Gasteiger partial charge in [0.05, 0.1) is 13.7 Å². The number of aryl methyl sites for hydroxylation is 1. The zero-order valence-electron chi connectivity index (χ0n) is 11.1. The smallest absolute Gasteiger partial charge is 0.375 e. The second-order valence-electron chi connectivity index (χ2n) is 3.91. The fourth-order valence-electron chi connectivity index (χ4n) is 1.64. The Balaban J connectivity index is 2.30. The molecule has 19 heavy (non-hydrogen) atoms. The number of hydrogen-bond donors (Lipinski definition) is 1. The molecule has 1 aromatic heterocycles. The van der Waals surface area contributed by atoms with Gasteiger partial charge < -0.3 is 9.47 Å². The van der Waals surface area contributed by atoms with Crippen molar-refractivity contribution in [2.24, 2.45) is 0 Å². The normalized spacial score (nSPS) is 10.3. The highest BCUT2D eigenvalue weighted by atomic mass is 16.5. The molecule has 6 heteroatoms. The van der Waals surface area contributed by atoms with Crippen LogP contribution in [-0.2, 0) is 4.74 Å². The van der Waals surface area contributed by atoms with Crippen LogP contribution in [0.15, 0.2) is 18.2 Å². The van der Waals surface area contributed by atoms with Gasteiger partial charge in [0, 0.05) is 5.56 Å². The summed E-state index contributed by atoms with van der Waals surface area (Å²) in [5.41, 5.74) is 1.79. The average Bonchev–Trinajstić information content (AvgIpc) is 2.89. The first kappa shape index (κ1) is 13.1. The molecule has 1 heterocycles. The molecule has 0 amide bonds. The Kier molecular flexibility index (Phi) is 3.79. The monoisotopic (exact) mass is 261 g/mol. The summed E-state index contributed by atoms with van der Waals surface area (Å²) >= 11 is 0. The topological polar surface area (TPSA) is 77.1 Å². The van der Waals surface area contributed by atoms with Gasteiger partial charge in [0.2, 0.25) is 5.82 Å². The first-order chi connectivity index (χ1) is 9.15. The van der Waals surface area contributed by atoms with E-state index < -0.39 is 5.97 Å². The molecular weight excluding hydrogens is 246 g/mol.